The van der Waals surface area contributed by atoms with Gasteiger partial charge in [0, 0.05) is 18.2 Å². The molecule has 1 heterocycles. The van der Waals surface area contributed by atoms with E-state index < -0.39 is 5.97 Å². The number of hydrogen-bond acceptors (Lipinski definition) is 5. The van der Waals surface area contributed by atoms with Crippen LogP contribution in [0.15, 0.2) is 65.3 Å². The van der Waals surface area contributed by atoms with Gasteiger partial charge in [0.25, 0.3) is 0 Å². The fourth-order valence-corrected chi connectivity index (χ4v) is 2.98. The Morgan fingerprint density at radius 3 is 2.52 bits per heavy atom. The normalized spacial score (nSPS) is 12.1. The Morgan fingerprint density at radius 2 is 1.85 bits per heavy atom. The standard InChI is InChI=1S/C21H22N2O4/c1-15(16-8-4-3-5-9-16)23(12-17-10-6-7-11-19(17)26-2)13-20-22-18(14-27-20)21(24)25/h3-11,14-15H,12-13H2,1-2H3,(H,24,25). The van der Waals surface area contributed by atoms with Crippen molar-refractivity contribution in [2.75, 3.05) is 7.11 Å². The largest absolute Gasteiger partial charge is 0.496 e. The number of aromatic carboxylic acids is 1. The molecule has 0 aliphatic heterocycles. The lowest BCUT2D eigenvalue weighted by atomic mass is 10.1. The molecule has 0 spiro atoms. The average molecular weight is 366 g/mol. The van der Waals surface area contributed by atoms with Crippen LogP contribution in [0.5, 0.6) is 5.75 Å². The van der Waals surface area contributed by atoms with E-state index in [9.17, 15) is 4.79 Å². The third-order valence-corrected chi connectivity index (χ3v) is 4.50. The lowest BCUT2D eigenvalue weighted by Gasteiger charge is -2.29. The van der Waals surface area contributed by atoms with E-state index in [0.29, 0.717) is 19.0 Å². The highest BCUT2D eigenvalue weighted by molar-refractivity contribution is 5.84. The molecule has 3 rings (SSSR count). The van der Waals surface area contributed by atoms with E-state index in [2.05, 4.69) is 28.9 Å². The highest BCUT2D eigenvalue weighted by Crippen LogP contribution is 2.27. The third kappa shape index (κ3) is 4.54. The first kappa shape index (κ1) is 18.7. The Hall–Kier alpha value is -3.12. The topological polar surface area (TPSA) is 75.8 Å². The van der Waals surface area contributed by atoms with Crippen molar-refractivity contribution in [3.8, 4) is 5.75 Å². The first-order valence-electron chi connectivity index (χ1n) is 8.67. The van der Waals surface area contributed by atoms with Crippen LogP contribution in [0.4, 0.5) is 0 Å². The molecule has 0 saturated heterocycles. The summed E-state index contributed by atoms with van der Waals surface area (Å²) in [7, 11) is 1.65. The number of para-hydroxylation sites is 1. The number of oxazole rings is 1. The molecule has 0 saturated carbocycles. The molecule has 3 aromatic rings. The molecule has 2 aromatic carbocycles. The van der Waals surface area contributed by atoms with Gasteiger partial charge >= 0.3 is 5.97 Å². The molecular formula is C21H22N2O4. The van der Waals surface area contributed by atoms with Gasteiger partial charge in [-0.1, -0.05) is 48.5 Å². The van der Waals surface area contributed by atoms with E-state index in [0.717, 1.165) is 16.9 Å². The Morgan fingerprint density at radius 1 is 1.15 bits per heavy atom. The van der Waals surface area contributed by atoms with E-state index in [1.165, 1.54) is 6.26 Å². The maximum Gasteiger partial charge on any atom is 0.357 e. The van der Waals surface area contributed by atoms with Crippen LogP contribution in [-0.4, -0.2) is 28.1 Å². The van der Waals surface area contributed by atoms with Crippen molar-refractivity contribution in [3.05, 3.63) is 83.6 Å². The number of nitrogens with zero attached hydrogens (tertiary/aromatic N) is 2. The van der Waals surface area contributed by atoms with Crippen LogP contribution in [0.25, 0.3) is 0 Å². The van der Waals surface area contributed by atoms with Gasteiger partial charge in [0.05, 0.1) is 13.7 Å². The van der Waals surface area contributed by atoms with E-state index in [1.54, 1.807) is 7.11 Å². The van der Waals surface area contributed by atoms with Crippen LogP contribution < -0.4 is 4.74 Å². The molecular weight excluding hydrogens is 344 g/mol. The Labute approximate surface area is 158 Å². The summed E-state index contributed by atoms with van der Waals surface area (Å²) in [4.78, 5) is 17.3. The SMILES string of the molecule is COc1ccccc1CN(Cc1nc(C(=O)O)co1)C(C)c1ccccc1. The second-order valence-corrected chi connectivity index (χ2v) is 6.24. The molecule has 0 fully saturated rings. The molecule has 0 amide bonds. The zero-order valence-corrected chi connectivity index (χ0v) is 15.3. The molecule has 140 valence electrons. The van der Waals surface area contributed by atoms with Gasteiger partial charge in [-0.15, -0.1) is 0 Å². The average Bonchev–Trinajstić information content (AvgIpc) is 3.17. The van der Waals surface area contributed by atoms with Gasteiger partial charge in [0.2, 0.25) is 5.89 Å². The van der Waals surface area contributed by atoms with Crippen LogP contribution in [0.1, 0.15) is 40.5 Å². The van der Waals surface area contributed by atoms with Crippen molar-refractivity contribution in [2.24, 2.45) is 0 Å². The molecule has 27 heavy (non-hydrogen) atoms. The van der Waals surface area contributed by atoms with E-state index in [4.69, 9.17) is 14.3 Å². The monoisotopic (exact) mass is 366 g/mol. The maximum absolute atomic E-state index is 11.1. The molecule has 0 aliphatic rings. The summed E-state index contributed by atoms with van der Waals surface area (Å²) >= 11 is 0. The van der Waals surface area contributed by atoms with Crippen LogP contribution in [0, 0.1) is 0 Å². The number of rotatable bonds is 8. The van der Waals surface area contributed by atoms with Gasteiger partial charge in [-0.3, -0.25) is 4.90 Å². The minimum atomic E-state index is -1.10. The second-order valence-electron chi connectivity index (χ2n) is 6.24. The molecule has 1 aromatic heterocycles. The predicted octanol–water partition coefficient (Wildman–Crippen LogP) is 4.14. The molecule has 0 aliphatic carbocycles. The number of benzene rings is 2. The van der Waals surface area contributed by atoms with Crippen molar-refractivity contribution in [3.63, 3.8) is 0 Å². The molecule has 0 radical (unpaired) electrons. The summed E-state index contributed by atoms with van der Waals surface area (Å²) in [6, 6.07) is 18.0. The van der Waals surface area contributed by atoms with Gasteiger partial charge in [0.15, 0.2) is 5.69 Å². The Balaban J connectivity index is 1.89. The minimum Gasteiger partial charge on any atom is -0.496 e. The Bertz CT molecular complexity index is 892. The van der Waals surface area contributed by atoms with E-state index in [1.807, 2.05) is 42.5 Å². The fourth-order valence-electron chi connectivity index (χ4n) is 2.98. The van der Waals surface area contributed by atoms with Gasteiger partial charge in [-0.25, -0.2) is 9.78 Å². The quantitative estimate of drug-likeness (QED) is 0.646. The number of hydrogen-bond donors (Lipinski definition) is 1. The van der Waals surface area contributed by atoms with Gasteiger partial charge < -0.3 is 14.3 Å². The number of ether oxygens (including phenoxy) is 1. The fraction of sp³-hybridized carbons (Fsp3) is 0.238. The number of carboxylic acids is 1. The summed E-state index contributed by atoms with van der Waals surface area (Å²) in [5.41, 5.74) is 2.10. The molecule has 1 atom stereocenters. The van der Waals surface area contributed by atoms with Crippen LogP contribution in [0.3, 0.4) is 0 Å². The number of carbonyl (C=O) groups is 1. The molecule has 1 unspecified atom stereocenters. The Kier molecular flexibility index (Phi) is 5.88. The predicted molar refractivity (Wildman–Crippen MR) is 101 cm³/mol. The molecule has 6 nitrogen and oxygen atoms in total. The summed E-state index contributed by atoms with van der Waals surface area (Å²) in [5, 5.41) is 9.07. The lowest BCUT2D eigenvalue weighted by molar-refractivity contribution is 0.0690. The van der Waals surface area contributed by atoms with Crippen LogP contribution in [0.2, 0.25) is 0 Å². The molecule has 6 heteroatoms. The number of carboxylic acid groups (broad SMARTS) is 1. The van der Waals surface area contributed by atoms with Gasteiger partial charge in [-0.05, 0) is 18.6 Å². The van der Waals surface area contributed by atoms with Gasteiger partial charge in [-0.2, -0.15) is 0 Å². The zero-order valence-electron chi connectivity index (χ0n) is 15.3. The smallest absolute Gasteiger partial charge is 0.357 e. The van der Waals surface area contributed by atoms with Crippen LogP contribution in [-0.2, 0) is 13.1 Å². The minimum absolute atomic E-state index is 0.0660. The van der Waals surface area contributed by atoms with Crippen molar-refractivity contribution in [2.45, 2.75) is 26.1 Å². The zero-order chi connectivity index (χ0) is 19.2. The number of methoxy groups -OCH3 is 1. The molecule has 1 N–H and O–H groups in total. The van der Waals surface area contributed by atoms with Crippen molar-refractivity contribution in [1.82, 2.24) is 9.88 Å². The van der Waals surface area contributed by atoms with E-state index in [-0.39, 0.29) is 11.7 Å². The summed E-state index contributed by atoms with van der Waals surface area (Å²) < 4.78 is 10.8. The van der Waals surface area contributed by atoms with Gasteiger partial charge in [0.1, 0.15) is 12.0 Å². The summed E-state index contributed by atoms with van der Waals surface area (Å²) in [5.74, 6) is 0.0730. The van der Waals surface area contributed by atoms with Crippen molar-refractivity contribution < 1.29 is 19.1 Å². The first-order valence-corrected chi connectivity index (χ1v) is 8.67. The third-order valence-electron chi connectivity index (χ3n) is 4.50. The second kappa shape index (κ2) is 8.51. The maximum atomic E-state index is 11.1. The van der Waals surface area contributed by atoms with Crippen molar-refractivity contribution in [1.29, 1.82) is 0 Å². The summed E-state index contributed by atoms with van der Waals surface area (Å²) in [6.45, 7) is 3.08. The summed E-state index contributed by atoms with van der Waals surface area (Å²) in [6.07, 6.45) is 1.17. The van der Waals surface area contributed by atoms with Crippen LogP contribution >= 0.6 is 0 Å². The highest BCUT2D eigenvalue weighted by atomic mass is 16.5. The van der Waals surface area contributed by atoms with E-state index >= 15 is 0 Å². The highest BCUT2D eigenvalue weighted by Gasteiger charge is 2.21. The van der Waals surface area contributed by atoms with Crippen molar-refractivity contribution >= 4 is 5.97 Å². The first-order chi connectivity index (χ1) is 13.1. The number of aromatic nitrogens is 1. The molecule has 0 bridgehead atoms. The lowest BCUT2D eigenvalue weighted by Crippen LogP contribution is -2.26.